The first-order valence-corrected chi connectivity index (χ1v) is 8.53. The van der Waals surface area contributed by atoms with Crippen LogP contribution in [0.1, 0.15) is 24.6 Å². The number of nitrogens with two attached hydrogens (primary N) is 1. The highest BCUT2D eigenvalue weighted by atomic mass is 32.1. The molecule has 4 rings (SSSR count). The normalized spacial score (nSPS) is 21.6. The average molecular weight is 329 g/mol. The summed E-state index contributed by atoms with van der Waals surface area (Å²) in [6.45, 7) is 0.741. The smallest absolute Gasteiger partial charge is 0.184 e. The van der Waals surface area contributed by atoms with E-state index in [0.29, 0.717) is 6.04 Å². The summed E-state index contributed by atoms with van der Waals surface area (Å²) in [6, 6.07) is 8.20. The van der Waals surface area contributed by atoms with E-state index in [9.17, 15) is 0 Å². The molecule has 3 N–H and O–H groups in total. The zero-order valence-electron chi connectivity index (χ0n) is 12.9. The summed E-state index contributed by atoms with van der Waals surface area (Å²) >= 11 is 1.65. The third kappa shape index (κ3) is 2.89. The number of benzene rings is 1. The number of ether oxygens (including phenoxy) is 1. The van der Waals surface area contributed by atoms with Crippen molar-refractivity contribution in [1.29, 1.82) is 0 Å². The van der Waals surface area contributed by atoms with Gasteiger partial charge in [0.05, 0.1) is 15.9 Å². The quantitative estimate of drug-likeness (QED) is 0.722. The second kappa shape index (κ2) is 5.82. The molecule has 1 fully saturated rings. The Morgan fingerprint density at radius 3 is 3.13 bits per heavy atom. The van der Waals surface area contributed by atoms with Crippen LogP contribution in [0.25, 0.3) is 10.2 Å². The van der Waals surface area contributed by atoms with E-state index in [1.165, 1.54) is 0 Å². The molecular weight excluding hydrogens is 310 g/mol. The Kier molecular flexibility index (Phi) is 3.66. The van der Waals surface area contributed by atoms with E-state index in [1.54, 1.807) is 11.3 Å². The van der Waals surface area contributed by atoms with E-state index >= 15 is 0 Å². The van der Waals surface area contributed by atoms with Gasteiger partial charge in [0.1, 0.15) is 6.10 Å². The van der Waals surface area contributed by atoms with E-state index in [1.807, 2.05) is 42.2 Å². The molecule has 0 spiro atoms. The average Bonchev–Trinajstić information content (AvgIpc) is 3.12. The monoisotopic (exact) mass is 329 g/mol. The molecule has 3 heterocycles. The molecular formula is C16H19N5OS. The third-order valence-electron chi connectivity index (χ3n) is 4.21. The van der Waals surface area contributed by atoms with Crippen LogP contribution in [-0.4, -0.2) is 27.4 Å². The number of hydrogen-bond donors (Lipinski definition) is 2. The van der Waals surface area contributed by atoms with Gasteiger partial charge in [0.2, 0.25) is 0 Å². The van der Waals surface area contributed by atoms with Gasteiger partial charge in [-0.25, -0.2) is 4.98 Å². The Hall–Kier alpha value is -2.12. The van der Waals surface area contributed by atoms with Gasteiger partial charge in [-0.15, -0.1) is 0 Å². The molecule has 0 bridgehead atoms. The van der Waals surface area contributed by atoms with E-state index in [4.69, 9.17) is 10.5 Å². The lowest BCUT2D eigenvalue weighted by atomic mass is 10.0. The molecule has 1 aliphatic heterocycles. The van der Waals surface area contributed by atoms with Crippen LogP contribution in [0.4, 0.5) is 10.8 Å². The molecule has 3 aromatic rings. The molecule has 6 nitrogen and oxygen atoms in total. The van der Waals surface area contributed by atoms with Gasteiger partial charge >= 0.3 is 0 Å². The summed E-state index contributed by atoms with van der Waals surface area (Å²) in [5.74, 6) is 0. The van der Waals surface area contributed by atoms with Crippen LogP contribution in [0.5, 0.6) is 0 Å². The third-order valence-corrected chi connectivity index (χ3v) is 5.16. The van der Waals surface area contributed by atoms with Crippen LogP contribution in [0.2, 0.25) is 0 Å². The van der Waals surface area contributed by atoms with Crippen LogP contribution in [-0.2, 0) is 11.8 Å². The van der Waals surface area contributed by atoms with Gasteiger partial charge in [-0.1, -0.05) is 11.3 Å². The highest BCUT2D eigenvalue weighted by molar-refractivity contribution is 7.22. The van der Waals surface area contributed by atoms with E-state index in [2.05, 4.69) is 15.4 Å². The van der Waals surface area contributed by atoms with Gasteiger partial charge in [0.15, 0.2) is 5.13 Å². The number of aryl methyl sites for hydroxylation is 1. The highest BCUT2D eigenvalue weighted by Crippen LogP contribution is 2.32. The molecule has 1 aliphatic rings. The molecule has 120 valence electrons. The molecule has 1 saturated heterocycles. The zero-order chi connectivity index (χ0) is 15.8. The minimum absolute atomic E-state index is 0.0822. The van der Waals surface area contributed by atoms with Gasteiger partial charge in [-0.05, 0) is 37.1 Å². The minimum Gasteiger partial charge on any atom is -0.399 e. The Balaban J connectivity index is 1.50. The maximum absolute atomic E-state index is 5.91. The van der Waals surface area contributed by atoms with Crippen molar-refractivity contribution in [3.63, 3.8) is 0 Å². The van der Waals surface area contributed by atoms with Gasteiger partial charge in [0.25, 0.3) is 0 Å². The predicted octanol–water partition coefficient (Wildman–Crippen LogP) is 2.94. The number of aromatic nitrogens is 3. The van der Waals surface area contributed by atoms with Gasteiger partial charge < -0.3 is 15.8 Å². The molecule has 2 atom stereocenters. The summed E-state index contributed by atoms with van der Waals surface area (Å²) in [5.41, 5.74) is 8.72. The SMILES string of the molecule is Cn1nccc1C1CC(Nc2nc3ccc(N)cc3s2)CCO1. The van der Waals surface area contributed by atoms with Crippen LogP contribution in [0.15, 0.2) is 30.5 Å². The fourth-order valence-corrected chi connectivity index (χ4v) is 4.00. The molecule has 0 radical (unpaired) electrons. The van der Waals surface area contributed by atoms with Crippen LogP contribution >= 0.6 is 11.3 Å². The Morgan fingerprint density at radius 1 is 1.39 bits per heavy atom. The number of nitrogens with zero attached hydrogens (tertiary/aromatic N) is 3. The Bertz CT molecular complexity index is 827. The lowest BCUT2D eigenvalue weighted by Crippen LogP contribution is -2.30. The molecule has 1 aromatic carbocycles. The minimum atomic E-state index is 0.0822. The summed E-state index contributed by atoms with van der Waals surface area (Å²) in [4.78, 5) is 4.65. The number of rotatable bonds is 3. The number of anilines is 2. The summed E-state index contributed by atoms with van der Waals surface area (Å²) in [7, 11) is 1.95. The van der Waals surface area contributed by atoms with Crippen LogP contribution in [0, 0.1) is 0 Å². The van der Waals surface area contributed by atoms with E-state index < -0.39 is 0 Å². The van der Waals surface area contributed by atoms with Crippen LogP contribution in [0.3, 0.4) is 0 Å². The van der Waals surface area contributed by atoms with Gasteiger partial charge in [-0.3, -0.25) is 4.68 Å². The number of hydrogen-bond acceptors (Lipinski definition) is 6. The molecule has 7 heteroatoms. The summed E-state index contributed by atoms with van der Waals surface area (Å²) in [6.07, 6.45) is 3.79. The fourth-order valence-electron chi connectivity index (χ4n) is 3.01. The van der Waals surface area contributed by atoms with Crippen molar-refractivity contribution in [2.45, 2.75) is 25.0 Å². The van der Waals surface area contributed by atoms with Crippen molar-refractivity contribution >= 4 is 32.4 Å². The van der Waals surface area contributed by atoms with Crippen molar-refractivity contribution in [3.8, 4) is 0 Å². The number of thiazole rings is 1. The zero-order valence-corrected chi connectivity index (χ0v) is 13.7. The molecule has 2 unspecified atom stereocenters. The standard InChI is InChI=1S/C16H19N5OS/c1-21-13(4-6-18-21)14-9-11(5-7-22-14)19-16-20-12-3-2-10(17)8-15(12)23-16/h2-4,6,8,11,14H,5,7,9,17H2,1H3,(H,19,20). The molecule has 0 aliphatic carbocycles. The molecule has 0 amide bonds. The number of nitrogens with one attached hydrogen (secondary N) is 1. The number of nitrogen functional groups attached to an aromatic ring is 1. The first kappa shape index (κ1) is 14.5. The van der Waals surface area contributed by atoms with E-state index in [0.717, 1.165) is 46.2 Å². The van der Waals surface area contributed by atoms with Gasteiger partial charge in [0, 0.05) is 31.6 Å². The summed E-state index contributed by atoms with van der Waals surface area (Å²) in [5, 5.41) is 8.74. The lowest BCUT2D eigenvalue weighted by Gasteiger charge is -2.30. The fraction of sp³-hybridized carbons (Fsp3) is 0.375. The maximum atomic E-state index is 5.91. The second-order valence-corrected chi connectivity index (χ2v) is 6.88. The first-order valence-electron chi connectivity index (χ1n) is 7.71. The van der Waals surface area contributed by atoms with Gasteiger partial charge in [-0.2, -0.15) is 5.10 Å². The van der Waals surface area contributed by atoms with Crippen molar-refractivity contribution < 1.29 is 4.74 Å². The van der Waals surface area contributed by atoms with E-state index in [-0.39, 0.29) is 6.10 Å². The molecule has 2 aromatic heterocycles. The lowest BCUT2D eigenvalue weighted by molar-refractivity contribution is 0.00503. The Labute approximate surface area is 138 Å². The maximum Gasteiger partial charge on any atom is 0.184 e. The highest BCUT2D eigenvalue weighted by Gasteiger charge is 2.26. The Morgan fingerprint density at radius 2 is 2.30 bits per heavy atom. The van der Waals surface area contributed by atoms with Crippen molar-refractivity contribution in [1.82, 2.24) is 14.8 Å². The first-order chi connectivity index (χ1) is 11.2. The van der Waals surface area contributed by atoms with Crippen molar-refractivity contribution in [2.24, 2.45) is 7.05 Å². The molecule has 23 heavy (non-hydrogen) atoms. The number of fused-ring (bicyclic) bond motifs is 1. The van der Waals surface area contributed by atoms with Crippen molar-refractivity contribution in [2.75, 3.05) is 17.7 Å². The van der Waals surface area contributed by atoms with Crippen molar-refractivity contribution in [3.05, 3.63) is 36.2 Å². The second-order valence-electron chi connectivity index (χ2n) is 5.85. The largest absolute Gasteiger partial charge is 0.399 e. The van der Waals surface area contributed by atoms with Crippen LogP contribution < -0.4 is 11.1 Å². The molecule has 0 saturated carbocycles. The topological polar surface area (TPSA) is 78.0 Å². The predicted molar refractivity (Wildman–Crippen MR) is 92.6 cm³/mol. The summed E-state index contributed by atoms with van der Waals surface area (Å²) < 4.78 is 8.91.